The number of hydrogen-bond donors (Lipinski definition) is 1. The van der Waals surface area contributed by atoms with E-state index >= 15 is 0 Å². The number of pyridine rings is 1. The fourth-order valence-electron chi connectivity index (χ4n) is 1.07. The Morgan fingerprint density at radius 1 is 1.33 bits per heavy atom. The normalized spacial score (nSPS) is 10.3. The Morgan fingerprint density at radius 2 is 2.13 bits per heavy atom. The summed E-state index contributed by atoms with van der Waals surface area (Å²) >= 11 is 5.24. The Balaban J connectivity index is 2.55. The Bertz CT molecular complexity index is 555. The molecular weight excluding hydrogens is 373 g/mol. The van der Waals surface area contributed by atoms with Crippen LogP contribution in [0.3, 0.4) is 0 Å². The van der Waals surface area contributed by atoms with E-state index in [1.807, 2.05) is 28.7 Å². The van der Waals surface area contributed by atoms with Gasteiger partial charge in [-0.1, -0.05) is 0 Å². The highest BCUT2D eigenvalue weighted by Gasteiger charge is 2.03. The molecular formula is C9H5BrIN3O. The predicted octanol–water partition coefficient (Wildman–Crippen LogP) is 2.20. The lowest BCUT2D eigenvalue weighted by molar-refractivity contribution is 1.10. The predicted molar refractivity (Wildman–Crippen MR) is 68.5 cm³/mol. The molecule has 0 saturated heterocycles. The van der Waals surface area contributed by atoms with Crippen molar-refractivity contribution >= 4 is 38.5 Å². The summed E-state index contributed by atoms with van der Waals surface area (Å²) < 4.78 is 1.42. The number of nitrogens with one attached hydrogen (secondary N) is 1. The van der Waals surface area contributed by atoms with E-state index in [1.165, 1.54) is 6.20 Å². The minimum absolute atomic E-state index is 0.138. The van der Waals surface area contributed by atoms with Gasteiger partial charge < -0.3 is 4.98 Å². The summed E-state index contributed by atoms with van der Waals surface area (Å²) in [5.41, 5.74) is 0.637. The van der Waals surface area contributed by atoms with Gasteiger partial charge in [0.15, 0.2) is 0 Å². The summed E-state index contributed by atoms with van der Waals surface area (Å²) in [5.74, 6) is 0.522. The third-order valence-corrected chi connectivity index (χ3v) is 2.94. The van der Waals surface area contributed by atoms with Gasteiger partial charge in [-0.2, -0.15) is 0 Å². The molecule has 0 fully saturated rings. The van der Waals surface area contributed by atoms with Crippen LogP contribution in [0.1, 0.15) is 0 Å². The zero-order valence-electron chi connectivity index (χ0n) is 7.37. The molecule has 0 aromatic carbocycles. The van der Waals surface area contributed by atoms with E-state index in [9.17, 15) is 4.79 Å². The molecule has 6 heteroatoms. The first-order chi connectivity index (χ1) is 7.16. The molecule has 0 amide bonds. The zero-order valence-corrected chi connectivity index (χ0v) is 11.1. The molecule has 0 aliphatic heterocycles. The van der Waals surface area contributed by atoms with E-state index in [1.54, 1.807) is 12.4 Å². The van der Waals surface area contributed by atoms with Crippen molar-refractivity contribution < 1.29 is 0 Å². The SMILES string of the molecule is O=c1[nH]c(-c2cncc(Br)c2)ncc1I. The third kappa shape index (κ3) is 2.43. The maximum Gasteiger partial charge on any atom is 0.264 e. The van der Waals surface area contributed by atoms with E-state index in [4.69, 9.17) is 0 Å². The molecule has 2 rings (SSSR count). The van der Waals surface area contributed by atoms with Crippen LogP contribution in [0.5, 0.6) is 0 Å². The number of H-pyrrole nitrogens is 1. The Kier molecular flexibility index (Phi) is 3.15. The lowest BCUT2D eigenvalue weighted by atomic mass is 10.3. The Morgan fingerprint density at radius 3 is 2.80 bits per heavy atom. The zero-order chi connectivity index (χ0) is 10.8. The highest BCUT2D eigenvalue weighted by atomic mass is 127. The topological polar surface area (TPSA) is 58.6 Å². The molecule has 0 aliphatic carbocycles. The van der Waals surface area contributed by atoms with Gasteiger partial charge in [0.25, 0.3) is 5.56 Å². The molecule has 76 valence electrons. The lowest BCUT2D eigenvalue weighted by Gasteiger charge is -2.00. The van der Waals surface area contributed by atoms with Crippen LogP contribution in [0.15, 0.2) is 33.9 Å². The first-order valence-corrected chi connectivity index (χ1v) is 5.90. The van der Waals surface area contributed by atoms with Crippen molar-refractivity contribution in [3.05, 3.63) is 43.1 Å². The van der Waals surface area contributed by atoms with Crippen LogP contribution in [0.2, 0.25) is 0 Å². The lowest BCUT2D eigenvalue weighted by Crippen LogP contribution is -2.11. The number of hydrogen-bond acceptors (Lipinski definition) is 3. The molecule has 2 aromatic rings. The third-order valence-electron chi connectivity index (χ3n) is 1.73. The van der Waals surface area contributed by atoms with Crippen LogP contribution in [0.4, 0.5) is 0 Å². The summed E-state index contributed by atoms with van der Waals surface area (Å²) in [6.45, 7) is 0. The Hall–Kier alpha value is -0.760. The largest absolute Gasteiger partial charge is 0.306 e. The molecule has 0 bridgehead atoms. The van der Waals surface area contributed by atoms with Crippen molar-refractivity contribution in [2.45, 2.75) is 0 Å². The molecule has 2 heterocycles. The highest BCUT2D eigenvalue weighted by molar-refractivity contribution is 14.1. The van der Waals surface area contributed by atoms with E-state index < -0.39 is 0 Å². The second-order valence-corrected chi connectivity index (χ2v) is 4.88. The maximum atomic E-state index is 11.4. The van der Waals surface area contributed by atoms with Crippen LogP contribution >= 0.6 is 38.5 Å². The summed E-state index contributed by atoms with van der Waals surface area (Å²) in [4.78, 5) is 22.2. The van der Waals surface area contributed by atoms with Crippen LogP contribution in [-0.4, -0.2) is 15.0 Å². The van der Waals surface area contributed by atoms with E-state index in [2.05, 4.69) is 30.9 Å². The molecule has 0 spiro atoms. The molecule has 0 aliphatic rings. The standard InChI is InChI=1S/C9H5BrIN3O/c10-6-1-5(2-12-3-6)8-13-4-7(11)9(15)14-8/h1-4H,(H,13,14,15). The van der Waals surface area contributed by atoms with Crippen molar-refractivity contribution in [1.82, 2.24) is 15.0 Å². The van der Waals surface area contributed by atoms with Crippen LogP contribution in [0, 0.1) is 3.57 Å². The van der Waals surface area contributed by atoms with Crippen LogP contribution < -0.4 is 5.56 Å². The molecule has 0 radical (unpaired) electrons. The van der Waals surface area contributed by atoms with Gasteiger partial charge in [-0.3, -0.25) is 9.78 Å². The average Bonchev–Trinajstić information content (AvgIpc) is 2.22. The van der Waals surface area contributed by atoms with E-state index in [0.717, 1.165) is 10.0 Å². The van der Waals surface area contributed by atoms with Crippen molar-refractivity contribution in [2.75, 3.05) is 0 Å². The first kappa shape index (κ1) is 10.7. The van der Waals surface area contributed by atoms with E-state index in [-0.39, 0.29) is 5.56 Å². The molecule has 0 atom stereocenters. The molecule has 15 heavy (non-hydrogen) atoms. The summed E-state index contributed by atoms with van der Waals surface area (Å²) in [6.07, 6.45) is 4.86. The quantitative estimate of drug-likeness (QED) is 0.775. The molecule has 0 saturated carbocycles. The average molecular weight is 378 g/mol. The van der Waals surface area contributed by atoms with Crippen molar-refractivity contribution in [1.29, 1.82) is 0 Å². The van der Waals surface area contributed by atoms with Gasteiger partial charge in [0.1, 0.15) is 5.82 Å². The minimum Gasteiger partial charge on any atom is -0.306 e. The summed E-state index contributed by atoms with van der Waals surface area (Å²) in [5, 5.41) is 0. The first-order valence-electron chi connectivity index (χ1n) is 4.02. The minimum atomic E-state index is -0.138. The Labute approximate surface area is 107 Å². The molecule has 2 aromatic heterocycles. The van der Waals surface area contributed by atoms with Crippen LogP contribution in [-0.2, 0) is 0 Å². The highest BCUT2D eigenvalue weighted by Crippen LogP contribution is 2.17. The van der Waals surface area contributed by atoms with Gasteiger partial charge >= 0.3 is 0 Å². The number of halogens is 2. The number of nitrogens with zero attached hydrogens (tertiary/aromatic N) is 2. The van der Waals surface area contributed by atoms with Gasteiger partial charge in [0.2, 0.25) is 0 Å². The van der Waals surface area contributed by atoms with Crippen LogP contribution in [0.25, 0.3) is 11.4 Å². The summed E-state index contributed by atoms with van der Waals surface area (Å²) in [6, 6.07) is 1.85. The number of aromatic nitrogens is 3. The smallest absolute Gasteiger partial charge is 0.264 e. The monoisotopic (exact) mass is 377 g/mol. The molecule has 4 nitrogen and oxygen atoms in total. The second-order valence-electron chi connectivity index (χ2n) is 2.80. The number of rotatable bonds is 1. The van der Waals surface area contributed by atoms with Gasteiger partial charge in [-0.15, -0.1) is 0 Å². The van der Waals surface area contributed by atoms with Gasteiger partial charge in [-0.25, -0.2) is 4.98 Å². The van der Waals surface area contributed by atoms with Crippen molar-refractivity contribution in [2.24, 2.45) is 0 Å². The van der Waals surface area contributed by atoms with Gasteiger partial charge in [0, 0.05) is 28.6 Å². The molecule has 0 unspecified atom stereocenters. The van der Waals surface area contributed by atoms with Gasteiger partial charge in [0.05, 0.1) is 3.57 Å². The molecule has 1 N–H and O–H groups in total. The fourth-order valence-corrected chi connectivity index (χ4v) is 1.71. The maximum absolute atomic E-state index is 11.4. The van der Waals surface area contributed by atoms with Gasteiger partial charge in [-0.05, 0) is 44.6 Å². The van der Waals surface area contributed by atoms with Crippen molar-refractivity contribution in [3.63, 3.8) is 0 Å². The fraction of sp³-hybridized carbons (Fsp3) is 0. The second kappa shape index (κ2) is 4.40. The van der Waals surface area contributed by atoms with E-state index in [0.29, 0.717) is 9.39 Å². The number of aromatic amines is 1. The summed E-state index contributed by atoms with van der Waals surface area (Å²) in [7, 11) is 0. The van der Waals surface area contributed by atoms with Crippen molar-refractivity contribution in [3.8, 4) is 11.4 Å².